The summed E-state index contributed by atoms with van der Waals surface area (Å²) in [6.07, 6.45) is 3.65. The molecule has 0 saturated heterocycles. The normalized spacial score (nSPS) is 17.9. The molecule has 92 valence electrons. The summed E-state index contributed by atoms with van der Waals surface area (Å²) in [7, 11) is 1.64. The van der Waals surface area contributed by atoms with Crippen LogP contribution in [0.4, 0.5) is 0 Å². The fourth-order valence-corrected chi connectivity index (χ4v) is 1.56. The second-order valence-corrected chi connectivity index (χ2v) is 4.53. The Morgan fingerprint density at radius 3 is 2.56 bits per heavy atom. The van der Waals surface area contributed by atoms with Crippen LogP contribution >= 0.6 is 0 Å². The van der Waals surface area contributed by atoms with Crippen molar-refractivity contribution in [2.75, 3.05) is 20.1 Å². The summed E-state index contributed by atoms with van der Waals surface area (Å²) in [5, 5.41) is 11.6. The van der Waals surface area contributed by atoms with E-state index in [9.17, 15) is 9.59 Å². The predicted octanol–water partition coefficient (Wildman–Crippen LogP) is 0.308. The summed E-state index contributed by atoms with van der Waals surface area (Å²) < 4.78 is 0. The molecule has 0 aliphatic heterocycles. The molecule has 1 aliphatic rings. The van der Waals surface area contributed by atoms with Crippen molar-refractivity contribution in [3.63, 3.8) is 0 Å². The quantitative estimate of drug-likeness (QED) is 0.686. The van der Waals surface area contributed by atoms with Crippen LogP contribution in [0.3, 0.4) is 0 Å². The summed E-state index contributed by atoms with van der Waals surface area (Å²) in [5.74, 6) is -0.372. The van der Waals surface area contributed by atoms with Gasteiger partial charge in [0.1, 0.15) is 6.04 Å². The van der Waals surface area contributed by atoms with Crippen LogP contribution in [-0.4, -0.2) is 48.1 Å². The Hall–Kier alpha value is -1.10. The molecule has 0 spiro atoms. The van der Waals surface area contributed by atoms with Gasteiger partial charge in [0.05, 0.1) is 6.54 Å². The first-order chi connectivity index (χ1) is 7.50. The van der Waals surface area contributed by atoms with Gasteiger partial charge in [0, 0.05) is 6.54 Å². The monoisotopic (exact) mass is 228 g/mol. The largest absolute Gasteiger partial charge is 0.480 e. The molecule has 5 heteroatoms. The van der Waals surface area contributed by atoms with Gasteiger partial charge in [0.15, 0.2) is 0 Å². The Kier molecular flexibility index (Phi) is 4.73. The van der Waals surface area contributed by atoms with Crippen LogP contribution in [0.5, 0.6) is 0 Å². The zero-order valence-electron chi connectivity index (χ0n) is 9.90. The number of rotatable bonds is 6. The van der Waals surface area contributed by atoms with Crippen LogP contribution in [0, 0.1) is 5.92 Å². The molecule has 1 saturated carbocycles. The van der Waals surface area contributed by atoms with E-state index in [2.05, 4.69) is 5.32 Å². The van der Waals surface area contributed by atoms with Crippen molar-refractivity contribution in [1.82, 2.24) is 10.2 Å². The van der Waals surface area contributed by atoms with Crippen LogP contribution in [-0.2, 0) is 9.59 Å². The molecule has 0 heterocycles. The molecule has 0 aromatic heterocycles. The number of carbonyl (C=O) groups is 2. The minimum absolute atomic E-state index is 0.0949. The number of carboxylic acid groups (broad SMARTS) is 1. The first-order valence-corrected chi connectivity index (χ1v) is 5.70. The molecular weight excluding hydrogens is 208 g/mol. The number of nitrogens with one attached hydrogen (secondary N) is 1. The topological polar surface area (TPSA) is 69.6 Å². The molecule has 0 bridgehead atoms. The molecule has 0 radical (unpaired) electrons. The van der Waals surface area contributed by atoms with Crippen molar-refractivity contribution in [2.45, 2.75) is 32.2 Å². The number of nitrogens with zero attached hydrogens (tertiary/aromatic N) is 1. The first kappa shape index (κ1) is 13.0. The van der Waals surface area contributed by atoms with E-state index >= 15 is 0 Å². The van der Waals surface area contributed by atoms with Crippen LogP contribution in [0.1, 0.15) is 26.2 Å². The Labute approximate surface area is 95.8 Å². The fraction of sp³-hybridized carbons (Fsp3) is 0.818. The van der Waals surface area contributed by atoms with Gasteiger partial charge in [-0.3, -0.25) is 14.5 Å². The minimum Gasteiger partial charge on any atom is -0.480 e. The molecule has 5 nitrogen and oxygen atoms in total. The van der Waals surface area contributed by atoms with E-state index in [0.717, 1.165) is 6.54 Å². The van der Waals surface area contributed by atoms with E-state index in [0.29, 0.717) is 5.92 Å². The highest BCUT2D eigenvalue weighted by Gasteiger charge is 2.21. The number of carboxylic acids is 1. The number of hydrogen-bond donors (Lipinski definition) is 2. The van der Waals surface area contributed by atoms with Crippen LogP contribution in [0.25, 0.3) is 0 Å². The van der Waals surface area contributed by atoms with E-state index in [4.69, 9.17) is 5.11 Å². The van der Waals surface area contributed by atoms with Crippen LogP contribution in [0.15, 0.2) is 0 Å². The van der Waals surface area contributed by atoms with Gasteiger partial charge in [-0.2, -0.15) is 0 Å². The maximum atomic E-state index is 11.5. The van der Waals surface area contributed by atoms with Crippen molar-refractivity contribution in [3.8, 4) is 0 Å². The number of amides is 1. The third-order valence-corrected chi connectivity index (χ3v) is 3.22. The SMILES string of the molecule is CC(C(=O)O)N(C)CC(=O)NCC1CCC1. The van der Waals surface area contributed by atoms with Crippen molar-refractivity contribution >= 4 is 11.9 Å². The van der Waals surface area contributed by atoms with Gasteiger partial charge in [-0.25, -0.2) is 0 Å². The van der Waals surface area contributed by atoms with E-state index in [1.807, 2.05) is 0 Å². The number of likely N-dealkylation sites (N-methyl/N-ethyl adjacent to an activating group) is 1. The summed E-state index contributed by atoms with van der Waals surface area (Å²) in [6.45, 7) is 2.44. The smallest absolute Gasteiger partial charge is 0.320 e. The van der Waals surface area contributed by atoms with E-state index in [1.54, 1.807) is 14.0 Å². The molecule has 0 aromatic carbocycles. The molecule has 16 heavy (non-hydrogen) atoms. The molecule has 1 amide bonds. The predicted molar refractivity (Wildman–Crippen MR) is 60.1 cm³/mol. The molecule has 1 atom stereocenters. The second-order valence-electron chi connectivity index (χ2n) is 4.53. The van der Waals surface area contributed by atoms with Gasteiger partial charge in [0.2, 0.25) is 5.91 Å². The average molecular weight is 228 g/mol. The number of carbonyl (C=O) groups excluding carboxylic acids is 1. The highest BCUT2D eigenvalue weighted by Crippen LogP contribution is 2.24. The van der Waals surface area contributed by atoms with E-state index in [-0.39, 0.29) is 12.5 Å². The van der Waals surface area contributed by atoms with E-state index in [1.165, 1.54) is 24.2 Å². The summed E-state index contributed by atoms with van der Waals surface area (Å²) in [5.41, 5.74) is 0. The van der Waals surface area contributed by atoms with Crippen LogP contribution in [0.2, 0.25) is 0 Å². The second kappa shape index (κ2) is 5.84. The lowest BCUT2D eigenvalue weighted by atomic mass is 9.85. The highest BCUT2D eigenvalue weighted by atomic mass is 16.4. The van der Waals surface area contributed by atoms with Crippen molar-refractivity contribution < 1.29 is 14.7 Å². The molecule has 1 rings (SSSR count). The van der Waals surface area contributed by atoms with Crippen molar-refractivity contribution in [2.24, 2.45) is 5.92 Å². The fourth-order valence-electron chi connectivity index (χ4n) is 1.56. The number of hydrogen-bond acceptors (Lipinski definition) is 3. The van der Waals surface area contributed by atoms with Crippen molar-refractivity contribution in [1.29, 1.82) is 0 Å². The van der Waals surface area contributed by atoms with Gasteiger partial charge >= 0.3 is 5.97 Å². The lowest BCUT2D eigenvalue weighted by molar-refractivity contribution is -0.142. The lowest BCUT2D eigenvalue weighted by Gasteiger charge is -2.26. The maximum Gasteiger partial charge on any atom is 0.320 e. The molecule has 1 unspecified atom stereocenters. The Bertz CT molecular complexity index is 264. The zero-order chi connectivity index (χ0) is 12.1. The number of aliphatic carboxylic acids is 1. The summed E-state index contributed by atoms with van der Waals surface area (Å²) in [4.78, 5) is 23.7. The molecule has 2 N–H and O–H groups in total. The van der Waals surface area contributed by atoms with E-state index < -0.39 is 12.0 Å². The Morgan fingerprint density at radius 1 is 1.50 bits per heavy atom. The minimum atomic E-state index is -0.908. The van der Waals surface area contributed by atoms with Gasteiger partial charge < -0.3 is 10.4 Å². The third kappa shape index (κ3) is 3.81. The average Bonchev–Trinajstić information content (AvgIpc) is 2.13. The van der Waals surface area contributed by atoms with Gasteiger partial charge in [0.25, 0.3) is 0 Å². The molecule has 1 fully saturated rings. The van der Waals surface area contributed by atoms with Gasteiger partial charge in [-0.05, 0) is 32.7 Å². The summed E-state index contributed by atoms with van der Waals surface area (Å²) in [6, 6.07) is -0.630. The molecular formula is C11H20N2O3. The van der Waals surface area contributed by atoms with Gasteiger partial charge in [-0.15, -0.1) is 0 Å². The molecule has 1 aliphatic carbocycles. The Morgan fingerprint density at radius 2 is 2.12 bits per heavy atom. The maximum absolute atomic E-state index is 11.5. The standard InChI is InChI=1S/C11H20N2O3/c1-8(11(15)16)13(2)7-10(14)12-6-9-4-3-5-9/h8-9H,3-7H2,1-2H3,(H,12,14)(H,15,16). The lowest BCUT2D eigenvalue weighted by Crippen LogP contribution is -2.44. The third-order valence-electron chi connectivity index (χ3n) is 3.22. The van der Waals surface area contributed by atoms with Crippen molar-refractivity contribution in [3.05, 3.63) is 0 Å². The Balaban J connectivity index is 2.19. The highest BCUT2D eigenvalue weighted by molar-refractivity contribution is 5.79. The zero-order valence-corrected chi connectivity index (χ0v) is 9.90. The first-order valence-electron chi connectivity index (χ1n) is 5.70. The summed E-state index contributed by atoms with van der Waals surface area (Å²) >= 11 is 0. The molecule has 0 aromatic rings. The van der Waals surface area contributed by atoms with Gasteiger partial charge in [-0.1, -0.05) is 6.42 Å². The van der Waals surface area contributed by atoms with Crippen LogP contribution < -0.4 is 5.32 Å².